The Morgan fingerprint density at radius 1 is 1.11 bits per heavy atom. The first kappa shape index (κ1) is 19.0. The summed E-state index contributed by atoms with van der Waals surface area (Å²) in [7, 11) is 0. The highest BCUT2D eigenvalue weighted by molar-refractivity contribution is 9.10. The van der Waals surface area contributed by atoms with Gasteiger partial charge in [-0.1, -0.05) is 28.1 Å². The molecule has 144 valence electrons. The molecule has 0 spiro atoms. The maximum atomic E-state index is 12.4. The minimum absolute atomic E-state index is 0.0406. The van der Waals surface area contributed by atoms with Gasteiger partial charge in [-0.25, -0.2) is 15.0 Å². The predicted octanol–water partition coefficient (Wildman–Crippen LogP) is 3.12. The molecule has 1 aromatic carbocycles. The molecule has 9 heteroatoms. The molecule has 0 bridgehead atoms. The van der Waals surface area contributed by atoms with Crippen molar-refractivity contribution in [3.8, 4) is 11.3 Å². The molecule has 3 aromatic rings. The number of amides is 1. The normalized spacial score (nSPS) is 14.8. The Balaban J connectivity index is 1.28. The summed E-state index contributed by atoms with van der Waals surface area (Å²) in [6.45, 7) is 3.57. The lowest BCUT2D eigenvalue weighted by molar-refractivity contribution is -0.117. The van der Waals surface area contributed by atoms with Crippen molar-refractivity contribution < 1.29 is 4.79 Å². The Hall–Kier alpha value is -2.36. The lowest BCUT2D eigenvalue weighted by Gasteiger charge is -2.34. The van der Waals surface area contributed by atoms with Crippen molar-refractivity contribution in [1.29, 1.82) is 0 Å². The van der Waals surface area contributed by atoms with E-state index in [4.69, 9.17) is 0 Å². The standard InChI is InChI=1S/C19H19BrN6OS/c20-15-4-2-14(3-5-15)16-13-28-19(23-16)24-17(27)12-25-8-10-26(11-9-25)18-21-6-1-7-22-18/h1-7,13H,8-12H2,(H,23,24,27). The molecule has 0 saturated carbocycles. The monoisotopic (exact) mass is 458 g/mol. The van der Waals surface area contributed by atoms with Crippen molar-refractivity contribution in [3.63, 3.8) is 0 Å². The Bertz CT molecular complexity index is 925. The number of carbonyl (C=O) groups is 1. The molecule has 0 radical (unpaired) electrons. The van der Waals surface area contributed by atoms with Gasteiger partial charge in [-0.15, -0.1) is 11.3 Å². The van der Waals surface area contributed by atoms with Gasteiger partial charge < -0.3 is 10.2 Å². The number of benzene rings is 1. The Labute approximate surface area is 175 Å². The number of nitrogens with one attached hydrogen (secondary N) is 1. The molecule has 0 unspecified atom stereocenters. The summed E-state index contributed by atoms with van der Waals surface area (Å²) in [5.41, 5.74) is 1.89. The average Bonchev–Trinajstić information content (AvgIpc) is 3.18. The van der Waals surface area contributed by atoms with Crippen LogP contribution in [-0.4, -0.2) is 58.5 Å². The lowest BCUT2D eigenvalue weighted by atomic mass is 10.2. The van der Waals surface area contributed by atoms with Gasteiger partial charge in [0.25, 0.3) is 0 Å². The molecular formula is C19H19BrN6OS. The summed E-state index contributed by atoms with van der Waals surface area (Å²) in [6.07, 6.45) is 3.50. The molecule has 0 atom stereocenters. The van der Waals surface area contributed by atoms with Gasteiger partial charge in [0, 0.05) is 54.0 Å². The fourth-order valence-corrected chi connectivity index (χ4v) is 4.01. The largest absolute Gasteiger partial charge is 0.338 e. The smallest absolute Gasteiger partial charge is 0.240 e. The van der Waals surface area contributed by atoms with E-state index in [0.717, 1.165) is 47.9 Å². The van der Waals surface area contributed by atoms with E-state index in [0.29, 0.717) is 11.7 Å². The third kappa shape index (κ3) is 4.73. The molecule has 1 aliphatic heterocycles. The highest BCUT2D eigenvalue weighted by Gasteiger charge is 2.20. The number of piperazine rings is 1. The molecule has 1 saturated heterocycles. The number of carbonyl (C=O) groups excluding carboxylic acids is 1. The third-order valence-corrected chi connectivity index (χ3v) is 5.75. The maximum absolute atomic E-state index is 12.4. The summed E-state index contributed by atoms with van der Waals surface area (Å²) in [6, 6.07) is 9.77. The lowest BCUT2D eigenvalue weighted by Crippen LogP contribution is -2.49. The summed E-state index contributed by atoms with van der Waals surface area (Å²) < 4.78 is 1.03. The van der Waals surface area contributed by atoms with Crippen molar-refractivity contribution in [2.75, 3.05) is 42.9 Å². The van der Waals surface area contributed by atoms with E-state index >= 15 is 0 Å². The highest BCUT2D eigenvalue weighted by Crippen LogP contribution is 2.26. The fourth-order valence-electron chi connectivity index (χ4n) is 3.01. The van der Waals surface area contributed by atoms with Crippen molar-refractivity contribution in [3.05, 3.63) is 52.6 Å². The minimum atomic E-state index is -0.0406. The molecule has 0 aliphatic carbocycles. The van der Waals surface area contributed by atoms with Gasteiger partial charge in [0.15, 0.2) is 5.13 Å². The van der Waals surface area contributed by atoms with Gasteiger partial charge in [-0.3, -0.25) is 9.69 Å². The van der Waals surface area contributed by atoms with E-state index in [-0.39, 0.29) is 5.91 Å². The number of aromatic nitrogens is 3. The molecule has 3 heterocycles. The highest BCUT2D eigenvalue weighted by atomic mass is 79.9. The zero-order chi connectivity index (χ0) is 19.3. The van der Waals surface area contributed by atoms with Crippen LogP contribution in [0.2, 0.25) is 0 Å². The molecule has 1 amide bonds. The quantitative estimate of drug-likeness (QED) is 0.632. The number of rotatable bonds is 5. The Morgan fingerprint density at radius 2 is 1.82 bits per heavy atom. The van der Waals surface area contributed by atoms with Gasteiger partial charge in [0.2, 0.25) is 11.9 Å². The van der Waals surface area contributed by atoms with Crippen LogP contribution in [0.15, 0.2) is 52.6 Å². The van der Waals surface area contributed by atoms with Crippen LogP contribution in [0, 0.1) is 0 Å². The number of nitrogens with zero attached hydrogens (tertiary/aromatic N) is 5. The van der Waals surface area contributed by atoms with Crippen LogP contribution in [0.3, 0.4) is 0 Å². The summed E-state index contributed by atoms with van der Waals surface area (Å²) in [5.74, 6) is 0.705. The summed E-state index contributed by atoms with van der Waals surface area (Å²) in [4.78, 5) is 29.8. The second-order valence-corrected chi connectivity index (χ2v) is 8.18. The van der Waals surface area contributed by atoms with E-state index in [1.807, 2.05) is 35.7 Å². The van der Waals surface area contributed by atoms with Gasteiger partial charge in [0.05, 0.1) is 12.2 Å². The number of hydrogen-bond donors (Lipinski definition) is 1. The predicted molar refractivity (Wildman–Crippen MR) is 115 cm³/mol. The zero-order valence-electron chi connectivity index (χ0n) is 15.1. The number of thiazole rings is 1. The first-order chi connectivity index (χ1) is 13.7. The molecular weight excluding hydrogens is 440 g/mol. The van der Waals surface area contributed by atoms with E-state index < -0.39 is 0 Å². The van der Waals surface area contributed by atoms with Crippen molar-refractivity contribution in [2.24, 2.45) is 0 Å². The van der Waals surface area contributed by atoms with Crippen LogP contribution >= 0.6 is 27.3 Å². The second kappa shape index (κ2) is 8.76. The Kier molecular flexibility index (Phi) is 5.94. The van der Waals surface area contributed by atoms with Crippen LogP contribution in [0.25, 0.3) is 11.3 Å². The number of anilines is 2. The zero-order valence-corrected chi connectivity index (χ0v) is 17.5. The molecule has 1 aliphatic rings. The third-order valence-electron chi connectivity index (χ3n) is 4.47. The van der Waals surface area contributed by atoms with Gasteiger partial charge in [0.1, 0.15) is 0 Å². The van der Waals surface area contributed by atoms with Crippen LogP contribution in [0.1, 0.15) is 0 Å². The van der Waals surface area contributed by atoms with Gasteiger partial charge in [-0.05, 0) is 18.2 Å². The molecule has 2 aromatic heterocycles. The SMILES string of the molecule is O=C(CN1CCN(c2ncccn2)CC1)Nc1nc(-c2ccc(Br)cc2)cs1. The molecule has 28 heavy (non-hydrogen) atoms. The van der Waals surface area contributed by atoms with Crippen LogP contribution < -0.4 is 10.2 Å². The minimum Gasteiger partial charge on any atom is -0.338 e. The van der Waals surface area contributed by atoms with Crippen LogP contribution in [-0.2, 0) is 4.79 Å². The van der Waals surface area contributed by atoms with E-state index in [1.54, 1.807) is 12.4 Å². The van der Waals surface area contributed by atoms with Crippen molar-refractivity contribution >= 4 is 44.3 Å². The first-order valence-corrected chi connectivity index (χ1v) is 10.6. The van der Waals surface area contributed by atoms with Gasteiger partial charge in [-0.2, -0.15) is 0 Å². The molecule has 1 fully saturated rings. The van der Waals surface area contributed by atoms with Crippen molar-refractivity contribution in [2.45, 2.75) is 0 Å². The van der Waals surface area contributed by atoms with Crippen LogP contribution in [0.4, 0.5) is 11.1 Å². The molecule has 1 N–H and O–H groups in total. The molecule has 7 nitrogen and oxygen atoms in total. The van der Waals surface area contributed by atoms with E-state index in [9.17, 15) is 4.79 Å². The number of halogens is 1. The van der Waals surface area contributed by atoms with Crippen LogP contribution in [0.5, 0.6) is 0 Å². The second-order valence-electron chi connectivity index (χ2n) is 6.40. The van der Waals surface area contributed by atoms with E-state index in [1.165, 1.54) is 11.3 Å². The molecule has 4 rings (SSSR count). The van der Waals surface area contributed by atoms with Gasteiger partial charge >= 0.3 is 0 Å². The Morgan fingerprint density at radius 3 is 2.54 bits per heavy atom. The first-order valence-electron chi connectivity index (χ1n) is 8.93. The topological polar surface area (TPSA) is 74.2 Å². The summed E-state index contributed by atoms with van der Waals surface area (Å²) in [5, 5.41) is 5.49. The average molecular weight is 459 g/mol. The summed E-state index contributed by atoms with van der Waals surface area (Å²) >= 11 is 4.87. The number of hydrogen-bond acceptors (Lipinski definition) is 7. The van der Waals surface area contributed by atoms with Crippen molar-refractivity contribution in [1.82, 2.24) is 19.9 Å². The van der Waals surface area contributed by atoms with E-state index in [2.05, 4.69) is 46.0 Å². The fraction of sp³-hybridized carbons (Fsp3) is 0.263. The maximum Gasteiger partial charge on any atom is 0.240 e.